The van der Waals surface area contributed by atoms with Crippen molar-refractivity contribution < 1.29 is 9.47 Å². The van der Waals surface area contributed by atoms with Crippen molar-refractivity contribution in [2.45, 2.75) is 6.92 Å². The summed E-state index contributed by atoms with van der Waals surface area (Å²) in [5, 5.41) is 4.09. The molecule has 0 unspecified atom stereocenters. The molecular weight excluding hydrogens is 268 g/mol. The molecule has 0 spiro atoms. The van der Waals surface area contributed by atoms with Gasteiger partial charge in [0.2, 0.25) is 6.79 Å². The lowest BCUT2D eigenvalue weighted by molar-refractivity contribution is 0.174. The van der Waals surface area contributed by atoms with Crippen LogP contribution in [0.15, 0.2) is 36.8 Å². The molecule has 1 N–H and O–H groups in total. The first-order valence-corrected chi connectivity index (χ1v) is 6.54. The minimum absolute atomic E-state index is 0.237. The molecule has 1 aromatic carbocycles. The monoisotopic (exact) mass is 280 g/mol. The average molecular weight is 280 g/mol. The van der Waals surface area contributed by atoms with Gasteiger partial charge in [-0.25, -0.2) is 15.0 Å². The Balaban J connectivity index is 1.81. The Kier molecular flexibility index (Phi) is 2.60. The van der Waals surface area contributed by atoms with Crippen molar-refractivity contribution in [2.75, 3.05) is 12.1 Å². The van der Waals surface area contributed by atoms with Gasteiger partial charge in [-0.1, -0.05) is 0 Å². The van der Waals surface area contributed by atoms with Gasteiger partial charge in [0.15, 0.2) is 11.5 Å². The number of fused-ring (bicyclic) bond motifs is 2. The zero-order valence-electron chi connectivity index (χ0n) is 11.3. The van der Waals surface area contributed by atoms with Gasteiger partial charge in [-0.05, 0) is 30.7 Å². The first-order chi connectivity index (χ1) is 10.3. The minimum atomic E-state index is 0.237. The number of aromatic nitrogens is 3. The fraction of sp³-hybridized carbons (Fsp3) is 0.133. The molecule has 104 valence electrons. The standard InChI is InChI=1S/C15H12N4O2/c1-9-2-3-16-14(4-9)19-15-10-5-12-13(21-8-20-12)6-11(10)17-7-18-15/h2-7H,8H2,1H3,(H,16,17,18,19). The van der Waals surface area contributed by atoms with Gasteiger partial charge in [-0.3, -0.25) is 0 Å². The van der Waals surface area contributed by atoms with Crippen molar-refractivity contribution in [3.05, 3.63) is 42.4 Å². The summed E-state index contributed by atoms with van der Waals surface area (Å²) >= 11 is 0. The maximum Gasteiger partial charge on any atom is 0.231 e. The van der Waals surface area contributed by atoms with Crippen molar-refractivity contribution in [2.24, 2.45) is 0 Å². The molecule has 0 saturated carbocycles. The van der Waals surface area contributed by atoms with Crippen LogP contribution in [0.5, 0.6) is 11.5 Å². The van der Waals surface area contributed by atoms with Crippen molar-refractivity contribution in [3.8, 4) is 11.5 Å². The van der Waals surface area contributed by atoms with E-state index < -0.39 is 0 Å². The smallest absolute Gasteiger partial charge is 0.231 e. The van der Waals surface area contributed by atoms with Crippen LogP contribution >= 0.6 is 0 Å². The Bertz CT molecular complexity index is 835. The third kappa shape index (κ3) is 2.10. The van der Waals surface area contributed by atoms with E-state index in [1.807, 2.05) is 31.2 Å². The molecule has 6 nitrogen and oxygen atoms in total. The number of pyridine rings is 1. The Hall–Kier alpha value is -2.89. The van der Waals surface area contributed by atoms with Crippen LogP contribution in [0.2, 0.25) is 0 Å². The third-order valence-electron chi connectivity index (χ3n) is 3.29. The van der Waals surface area contributed by atoms with E-state index >= 15 is 0 Å². The van der Waals surface area contributed by atoms with E-state index in [0.29, 0.717) is 17.3 Å². The lowest BCUT2D eigenvalue weighted by Gasteiger charge is -2.08. The topological polar surface area (TPSA) is 69.2 Å². The SMILES string of the molecule is Cc1ccnc(Nc2ncnc3cc4c(cc23)OCO4)c1. The molecule has 0 aliphatic carbocycles. The van der Waals surface area contributed by atoms with Gasteiger partial charge >= 0.3 is 0 Å². The zero-order chi connectivity index (χ0) is 14.2. The largest absolute Gasteiger partial charge is 0.454 e. The summed E-state index contributed by atoms with van der Waals surface area (Å²) in [6.07, 6.45) is 3.28. The summed E-state index contributed by atoms with van der Waals surface area (Å²) in [7, 11) is 0. The minimum Gasteiger partial charge on any atom is -0.454 e. The van der Waals surface area contributed by atoms with Crippen LogP contribution in [0.4, 0.5) is 11.6 Å². The molecule has 1 aliphatic heterocycles. The Morgan fingerprint density at radius 3 is 2.76 bits per heavy atom. The lowest BCUT2D eigenvalue weighted by Crippen LogP contribution is -1.98. The average Bonchev–Trinajstić information content (AvgIpc) is 2.93. The number of benzene rings is 1. The predicted molar refractivity (Wildman–Crippen MR) is 77.9 cm³/mol. The molecule has 3 aromatic rings. The van der Waals surface area contributed by atoms with Gasteiger partial charge in [0.25, 0.3) is 0 Å². The molecule has 1 aliphatic rings. The summed E-state index contributed by atoms with van der Waals surface area (Å²) in [6.45, 7) is 2.25. The number of nitrogens with one attached hydrogen (secondary N) is 1. The fourth-order valence-corrected chi connectivity index (χ4v) is 2.27. The highest BCUT2D eigenvalue weighted by molar-refractivity contribution is 5.92. The number of hydrogen-bond acceptors (Lipinski definition) is 6. The number of nitrogens with zero attached hydrogens (tertiary/aromatic N) is 3. The highest BCUT2D eigenvalue weighted by atomic mass is 16.7. The number of ether oxygens (including phenoxy) is 2. The van der Waals surface area contributed by atoms with Crippen molar-refractivity contribution in [3.63, 3.8) is 0 Å². The summed E-state index contributed by atoms with van der Waals surface area (Å²) < 4.78 is 10.8. The van der Waals surface area contributed by atoms with Crippen LogP contribution < -0.4 is 14.8 Å². The van der Waals surface area contributed by atoms with Crippen LogP contribution in [-0.2, 0) is 0 Å². The second-order valence-electron chi connectivity index (χ2n) is 4.79. The maximum atomic E-state index is 5.41. The number of hydrogen-bond donors (Lipinski definition) is 1. The van der Waals surface area contributed by atoms with E-state index in [4.69, 9.17) is 9.47 Å². The van der Waals surface area contributed by atoms with Crippen LogP contribution in [0.3, 0.4) is 0 Å². The first-order valence-electron chi connectivity index (χ1n) is 6.54. The maximum absolute atomic E-state index is 5.41. The van der Waals surface area contributed by atoms with Crippen LogP contribution in [-0.4, -0.2) is 21.7 Å². The number of anilines is 2. The predicted octanol–water partition coefficient (Wildman–Crippen LogP) is 2.81. The number of aryl methyl sites for hydroxylation is 1. The van der Waals surface area contributed by atoms with Gasteiger partial charge in [0.05, 0.1) is 5.52 Å². The van der Waals surface area contributed by atoms with Gasteiger partial charge in [-0.15, -0.1) is 0 Å². The van der Waals surface area contributed by atoms with E-state index in [0.717, 1.165) is 22.3 Å². The van der Waals surface area contributed by atoms with Crippen molar-refractivity contribution in [1.82, 2.24) is 15.0 Å². The van der Waals surface area contributed by atoms with Crippen molar-refractivity contribution >= 4 is 22.5 Å². The highest BCUT2D eigenvalue weighted by Crippen LogP contribution is 2.37. The third-order valence-corrected chi connectivity index (χ3v) is 3.29. The second-order valence-corrected chi connectivity index (χ2v) is 4.79. The molecule has 0 radical (unpaired) electrons. The molecule has 0 fully saturated rings. The molecule has 6 heteroatoms. The molecule has 2 aromatic heterocycles. The van der Waals surface area contributed by atoms with Gasteiger partial charge in [-0.2, -0.15) is 0 Å². The van der Waals surface area contributed by atoms with E-state index in [1.165, 1.54) is 6.33 Å². The van der Waals surface area contributed by atoms with Gasteiger partial charge in [0.1, 0.15) is 18.0 Å². The number of rotatable bonds is 2. The molecule has 0 bridgehead atoms. The molecule has 21 heavy (non-hydrogen) atoms. The zero-order valence-corrected chi connectivity index (χ0v) is 11.3. The van der Waals surface area contributed by atoms with E-state index in [9.17, 15) is 0 Å². The molecule has 0 saturated heterocycles. The Morgan fingerprint density at radius 1 is 1.05 bits per heavy atom. The second kappa shape index (κ2) is 4.59. The van der Waals surface area contributed by atoms with Crippen LogP contribution in [0, 0.1) is 6.92 Å². The molecule has 0 atom stereocenters. The van der Waals surface area contributed by atoms with E-state index in [1.54, 1.807) is 6.20 Å². The quantitative estimate of drug-likeness (QED) is 0.778. The summed E-state index contributed by atoms with van der Waals surface area (Å²) in [6, 6.07) is 7.65. The normalized spacial score (nSPS) is 12.6. The lowest BCUT2D eigenvalue weighted by atomic mass is 10.2. The molecule has 3 heterocycles. The highest BCUT2D eigenvalue weighted by Gasteiger charge is 2.16. The van der Waals surface area contributed by atoms with Crippen LogP contribution in [0.1, 0.15) is 5.56 Å². The van der Waals surface area contributed by atoms with Crippen LogP contribution in [0.25, 0.3) is 10.9 Å². The van der Waals surface area contributed by atoms with E-state index in [2.05, 4.69) is 20.3 Å². The Morgan fingerprint density at radius 2 is 1.90 bits per heavy atom. The molecule has 4 rings (SSSR count). The Labute approximate surface area is 120 Å². The summed E-state index contributed by atoms with van der Waals surface area (Å²) in [5.74, 6) is 2.85. The van der Waals surface area contributed by atoms with E-state index in [-0.39, 0.29) is 6.79 Å². The summed E-state index contributed by atoms with van der Waals surface area (Å²) in [4.78, 5) is 12.9. The van der Waals surface area contributed by atoms with Gasteiger partial charge < -0.3 is 14.8 Å². The van der Waals surface area contributed by atoms with Gasteiger partial charge in [0, 0.05) is 17.6 Å². The molecular formula is C15H12N4O2. The first kappa shape index (κ1) is 11.9. The summed E-state index contributed by atoms with van der Waals surface area (Å²) in [5.41, 5.74) is 1.92. The van der Waals surface area contributed by atoms with Crippen molar-refractivity contribution in [1.29, 1.82) is 0 Å². The fourth-order valence-electron chi connectivity index (χ4n) is 2.27. The molecule has 0 amide bonds.